The van der Waals surface area contributed by atoms with Gasteiger partial charge >= 0.3 is 6.18 Å². The van der Waals surface area contributed by atoms with Crippen molar-refractivity contribution in [1.82, 2.24) is 9.80 Å². The van der Waals surface area contributed by atoms with Crippen LogP contribution in [0.25, 0.3) is 0 Å². The molecule has 0 saturated carbocycles. The zero-order chi connectivity index (χ0) is 22.4. The summed E-state index contributed by atoms with van der Waals surface area (Å²) in [7, 11) is 0. The lowest BCUT2D eigenvalue weighted by Crippen LogP contribution is -2.51. The Morgan fingerprint density at radius 2 is 1.39 bits per heavy atom. The molecule has 0 spiro atoms. The van der Waals surface area contributed by atoms with Crippen molar-refractivity contribution in [2.24, 2.45) is 0 Å². The molecule has 1 heterocycles. The van der Waals surface area contributed by atoms with Crippen LogP contribution in [0.5, 0.6) is 0 Å². The van der Waals surface area contributed by atoms with E-state index in [1.165, 1.54) is 34.9 Å². The third kappa shape index (κ3) is 5.88. The molecule has 0 radical (unpaired) electrons. The molecule has 3 rings (SSSR count). The fourth-order valence-corrected chi connectivity index (χ4v) is 4.09. The van der Waals surface area contributed by atoms with Crippen LogP contribution in [0.15, 0.2) is 54.6 Å². The molecule has 2 aromatic carbocycles. The molecule has 0 N–H and O–H groups in total. The molecule has 2 aromatic rings. The van der Waals surface area contributed by atoms with Gasteiger partial charge in [-0.2, -0.15) is 13.2 Å². The lowest BCUT2D eigenvalue weighted by molar-refractivity contribution is -0.138. The molecular formula is C22H21F3N2O3S. The summed E-state index contributed by atoms with van der Waals surface area (Å²) in [6.07, 6.45) is -4.61. The van der Waals surface area contributed by atoms with Crippen LogP contribution < -0.4 is 0 Å². The maximum atomic E-state index is 13.2. The third-order valence-electron chi connectivity index (χ3n) is 4.94. The maximum Gasteiger partial charge on any atom is 0.417 e. The molecule has 9 heteroatoms. The molecule has 0 bridgehead atoms. The Bertz CT molecular complexity index is 943. The number of Topliss-reactive ketones (excluding diaryl/α,β-unsaturated/α-hetero) is 1. The second-order valence-electron chi connectivity index (χ2n) is 7.00. The minimum absolute atomic E-state index is 0.0582. The van der Waals surface area contributed by atoms with Crippen molar-refractivity contribution < 1.29 is 27.6 Å². The first-order chi connectivity index (χ1) is 14.8. The average Bonchev–Trinajstić information content (AvgIpc) is 2.78. The van der Waals surface area contributed by atoms with Gasteiger partial charge in [-0.05, 0) is 12.1 Å². The lowest BCUT2D eigenvalue weighted by atomic mass is 10.1. The van der Waals surface area contributed by atoms with Crippen LogP contribution in [-0.2, 0) is 11.0 Å². The number of piperazine rings is 1. The monoisotopic (exact) mass is 450 g/mol. The van der Waals surface area contributed by atoms with Crippen LogP contribution in [0.3, 0.4) is 0 Å². The highest BCUT2D eigenvalue weighted by molar-refractivity contribution is 8.00. The first-order valence-corrected chi connectivity index (χ1v) is 10.8. The van der Waals surface area contributed by atoms with Crippen molar-refractivity contribution in [1.29, 1.82) is 0 Å². The molecule has 1 aliphatic heterocycles. The Balaban J connectivity index is 1.49. The van der Waals surface area contributed by atoms with Gasteiger partial charge in [0, 0.05) is 31.7 Å². The van der Waals surface area contributed by atoms with Gasteiger partial charge in [-0.3, -0.25) is 14.4 Å². The Labute approximate surface area is 182 Å². The predicted octanol–water partition coefficient (Wildman–Crippen LogP) is 3.61. The zero-order valence-electron chi connectivity index (χ0n) is 16.6. The minimum atomic E-state index is -4.61. The van der Waals surface area contributed by atoms with E-state index in [0.717, 1.165) is 6.07 Å². The summed E-state index contributed by atoms with van der Waals surface area (Å²) in [5, 5.41) is 0. The topological polar surface area (TPSA) is 57.7 Å². The molecule has 31 heavy (non-hydrogen) atoms. The number of amides is 2. The standard InChI is InChI=1S/C22H21F3N2O3S/c23-22(24,25)18-9-5-4-8-17(18)21(30)27-12-10-26(11-13-27)20(29)15-31-14-19(28)16-6-2-1-3-7-16/h1-9H,10-15H2. The third-order valence-corrected chi connectivity index (χ3v) is 5.85. The van der Waals surface area contributed by atoms with E-state index in [1.54, 1.807) is 29.2 Å². The maximum absolute atomic E-state index is 13.2. The van der Waals surface area contributed by atoms with Crippen molar-refractivity contribution in [3.05, 3.63) is 71.3 Å². The van der Waals surface area contributed by atoms with Gasteiger partial charge in [0.2, 0.25) is 5.91 Å². The first kappa shape index (κ1) is 22.9. The van der Waals surface area contributed by atoms with Gasteiger partial charge in [0.25, 0.3) is 5.91 Å². The van der Waals surface area contributed by atoms with E-state index in [1.807, 2.05) is 6.07 Å². The van der Waals surface area contributed by atoms with E-state index in [9.17, 15) is 27.6 Å². The molecule has 5 nitrogen and oxygen atoms in total. The molecule has 0 atom stereocenters. The summed E-state index contributed by atoms with van der Waals surface area (Å²) in [5.41, 5.74) is -0.753. The molecule has 164 valence electrons. The smallest absolute Gasteiger partial charge is 0.338 e. The molecule has 0 aliphatic carbocycles. The van der Waals surface area contributed by atoms with E-state index in [4.69, 9.17) is 0 Å². The molecule has 0 aromatic heterocycles. The Kier molecular flexibility index (Phi) is 7.37. The molecular weight excluding hydrogens is 429 g/mol. The zero-order valence-corrected chi connectivity index (χ0v) is 17.4. The quantitative estimate of drug-likeness (QED) is 0.631. The Hall–Kier alpha value is -2.81. The minimum Gasteiger partial charge on any atom is -0.338 e. The summed E-state index contributed by atoms with van der Waals surface area (Å²) < 4.78 is 39.5. The van der Waals surface area contributed by atoms with Crippen molar-refractivity contribution in [3.63, 3.8) is 0 Å². The Morgan fingerprint density at radius 1 is 0.806 bits per heavy atom. The van der Waals surface area contributed by atoms with Crippen LogP contribution in [0.1, 0.15) is 26.3 Å². The number of hydrogen-bond acceptors (Lipinski definition) is 4. The summed E-state index contributed by atoms with van der Waals surface area (Å²) in [5.74, 6) is -0.597. The van der Waals surface area contributed by atoms with Crippen LogP contribution in [0.4, 0.5) is 13.2 Å². The Morgan fingerprint density at radius 3 is 2.03 bits per heavy atom. The largest absolute Gasteiger partial charge is 0.417 e. The first-order valence-electron chi connectivity index (χ1n) is 9.66. The van der Waals surface area contributed by atoms with Crippen molar-refractivity contribution in [2.75, 3.05) is 37.7 Å². The number of ketones is 1. The SMILES string of the molecule is O=C(CSCC(=O)N1CCN(C(=O)c2ccccc2C(F)(F)F)CC1)c1ccccc1. The molecule has 1 aliphatic rings. The van der Waals surface area contributed by atoms with E-state index < -0.39 is 17.6 Å². The van der Waals surface area contributed by atoms with Crippen LogP contribution >= 0.6 is 11.8 Å². The predicted molar refractivity (Wildman–Crippen MR) is 112 cm³/mol. The fourth-order valence-electron chi connectivity index (χ4n) is 3.28. The number of carbonyl (C=O) groups excluding carboxylic acids is 3. The van der Waals surface area contributed by atoms with Crippen molar-refractivity contribution in [2.45, 2.75) is 6.18 Å². The second kappa shape index (κ2) is 10.00. The second-order valence-corrected chi connectivity index (χ2v) is 7.98. The number of benzene rings is 2. The van der Waals surface area contributed by atoms with Gasteiger partial charge in [-0.15, -0.1) is 11.8 Å². The van der Waals surface area contributed by atoms with E-state index in [0.29, 0.717) is 5.56 Å². The highest BCUT2D eigenvalue weighted by atomic mass is 32.2. The molecule has 2 amide bonds. The van der Waals surface area contributed by atoms with Gasteiger partial charge < -0.3 is 9.80 Å². The normalized spacial score (nSPS) is 14.4. The highest BCUT2D eigenvalue weighted by Gasteiger charge is 2.36. The van der Waals surface area contributed by atoms with E-state index >= 15 is 0 Å². The fraction of sp³-hybridized carbons (Fsp3) is 0.318. The molecule has 1 fully saturated rings. The van der Waals surface area contributed by atoms with Gasteiger partial charge in [0.15, 0.2) is 5.78 Å². The summed E-state index contributed by atoms with van der Waals surface area (Å²) >= 11 is 1.22. The summed E-state index contributed by atoms with van der Waals surface area (Å²) in [6.45, 7) is 0.798. The number of alkyl halides is 3. The van der Waals surface area contributed by atoms with Gasteiger partial charge in [-0.1, -0.05) is 42.5 Å². The van der Waals surface area contributed by atoms with Crippen molar-refractivity contribution >= 4 is 29.4 Å². The number of carbonyl (C=O) groups is 3. The van der Waals surface area contributed by atoms with E-state index in [-0.39, 0.29) is 54.9 Å². The highest BCUT2D eigenvalue weighted by Crippen LogP contribution is 2.32. The number of halogens is 3. The van der Waals surface area contributed by atoms with Gasteiger partial charge in [-0.25, -0.2) is 0 Å². The van der Waals surface area contributed by atoms with Gasteiger partial charge in [0.1, 0.15) is 0 Å². The summed E-state index contributed by atoms with van der Waals surface area (Å²) in [4.78, 5) is 40.0. The number of hydrogen-bond donors (Lipinski definition) is 0. The average molecular weight is 450 g/mol. The number of rotatable bonds is 6. The van der Waals surface area contributed by atoms with Crippen LogP contribution in [0, 0.1) is 0 Å². The van der Waals surface area contributed by atoms with Gasteiger partial charge in [0.05, 0.1) is 22.6 Å². The van der Waals surface area contributed by atoms with E-state index in [2.05, 4.69) is 0 Å². The molecule has 0 unspecified atom stereocenters. The number of thioether (sulfide) groups is 1. The number of nitrogens with zero attached hydrogens (tertiary/aromatic N) is 2. The van der Waals surface area contributed by atoms with Crippen molar-refractivity contribution in [3.8, 4) is 0 Å². The van der Waals surface area contributed by atoms with Crippen LogP contribution in [0.2, 0.25) is 0 Å². The van der Waals surface area contributed by atoms with Crippen LogP contribution in [-0.4, -0.2) is 65.1 Å². The molecule has 1 saturated heterocycles. The summed E-state index contributed by atoms with van der Waals surface area (Å²) in [6, 6.07) is 13.5. The lowest BCUT2D eigenvalue weighted by Gasteiger charge is -2.35.